The van der Waals surface area contributed by atoms with Gasteiger partial charge in [-0.25, -0.2) is 4.79 Å². The molecule has 0 aliphatic heterocycles. The van der Waals surface area contributed by atoms with Crippen LogP contribution in [-0.4, -0.2) is 18.6 Å². The Morgan fingerprint density at radius 2 is 2.12 bits per heavy atom. The molecule has 0 aliphatic carbocycles. The van der Waals surface area contributed by atoms with Crippen LogP contribution in [-0.2, 0) is 9.53 Å². The number of hydrogen-bond acceptors (Lipinski definition) is 3. The third kappa shape index (κ3) is 4.27. The van der Waals surface area contributed by atoms with Gasteiger partial charge in [-0.1, -0.05) is 37.1 Å². The van der Waals surface area contributed by atoms with E-state index in [2.05, 4.69) is 5.32 Å². The Bertz CT molecular complexity index is 368. The highest BCUT2D eigenvalue weighted by Crippen LogP contribution is 2.22. The predicted molar refractivity (Wildman–Crippen MR) is 70.4 cm³/mol. The molecule has 1 atom stereocenters. The minimum Gasteiger partial charge on any atom is -0.464 e. The number of ether oxygens (including phenoxy) is 1. The molecule has 4 heteroatoms. The quantitative estimate of drug-likeness (QED) is 0.791. The van der Waals surface area contributed by atoms with Crippen molar-refractivity contribution in [2.75, 3.05) is 11.9 Å². The van der Waals surface area contributed by atoms with E-state index in [0.29, 0.717) is 11.6 Å². The summed E-state index contributed by atoms with van der Waals surface area (Å²) in [6.45, 7) is 4.22. The van der Waals surface area contributed by atoms with E-state index in [1.165, 1.54) is 0 Å². The Balaban J connectivity index is 2.73. The Morgan fingerprint density at radius 1 is 1.41 bits per heavy atom. The number of anilines is 1. The van der Waals surface area contributed by atoms with Crippen molar-refractivity contribution in [2.45, 2.75) is 32.7 Å². The summed E-state index contributed by atoms with van der Waals surface area (Å²) in [5.74, 6) is -0.228. The van der Waals surface area contributed by atoms with Gasteiger partial charge in [0, 0.05) is 0 Å². The largest absolute Gasteiger partial charge is 0.464 e. The summed E-state index contributed by atoms with van der Waals surface area (Å²) in [7, 11) is 0. The van der Waals surface area contributed by atoms with Crippen LogP contribution in [0, 0.1) is 0 Å². The van der Waals surface area contributed by atoms with Gasteiger partial charge in [0.05, 0.1) is 17.3 Å². The van der Waals surface area contributed by atoms with Crippen molar-refractivity contribution in [1.29, 1.82) is 0 Å². The number of carbonyl (C=O) groups excluding carboxylic acids is 1. The Labute approximate surface area is 107 Å². The molecular formula is C13H18ClNO2. The van der Waals surface area contributed by atoms with Crippen molar-refractivity contribution < 1.29 is 9.53 Å². The molecule has 0 bridgehead atoms. The van der Waals surface area contributed by atoms with Crippen molar-refractivity contribution in [2.24, 2.45) is 0 Å². The van der Waals surface area contributed by atoms with E-state index in [4.69, 9.17) is 16.3 Å². The summed E-state index contributed by atoms with van der Waals surface area (Å²) in [5.41, 5.74) is 0.765. The molecule has 1 unspecified atom stereocenters. The maximum absolute atomic E-state index is 11.7. The van der Waals surface area contributed by atoms with Crippen LogP contribution in [0.3, 0.4) is 0 Å². The smallest absolute Gasteiger partial charge is 0.328 e. The highest BCUT2D eigenvalue weighted by molar-refractivity contribution is 6.33. The summed E-state index contributed by atoms with van der Waals surface area (Å²) in [4.78, 5) is 11.7. The first-order valence-corrected chi connectivity index (χ1v) is 6.24. The fourth-order valence-electron chi connectivity index (χ4n) is 1.55. The van der Waals surface area contributed by atoms with Crippen LogP contribution in [0.4, 0.5) is 5.69 Å². The van der Waals surface area contributed by atoms with Crippen molar-refractivity contribution in [3.8, 4) is 0 Å². The number of benzene rings is 1. The predicted octanol–water partition coefficient (Wildman–Crippen LogP) is 3.48. The highest BCUT2D eigenvalue weighted by Gasteiger charge is 2.19. The number of nitrogens with one attached hydrogen (secondary N) is 1. The van der Waals surface area contributed by atoms with Crippen LogP contribution >= 0.6 is 11.6 Å². The molecule has 0 radical (unpaired) electrons. The normalized spacial score (nSPS) is 11.9. The van der Waals surface area contributed by atoms with E-state index in [1.54, 1.807) is 13.0 Å². The topological polar surface area (TPSA) is 38.3 Å². The van der Waals surface area contributed by atoms with Crippen molar-refractivity contribution in [1.82, 2.24) is 0 Å². The van der Waals surface area contributed by atoms with Gasteiger partial charge < -0.3 is 10.1 Å². The van der Waals surface area contributed by atoms with Crippen LogP contribution in [0.15, 0.2) is 24.3 Å². The minimum atomic E-state index is -0.333. The zero-order chi connectivity index (χ0) is 12.7. The van der Waals surface area contributed by atoms with E-state index in [9.17, 15) is 4.79 Å². The van der Waals surface area contributed by atoms with Crippen molar-refractivity contribution in [3.05, 3.63) is 29.3 Å². The molecule has 1 aromatic rings. The van der Waals surface area contributed by atoms with Gasteiger partial charge in [0.2, 0.25) is 0 Å². The van der Waals surface area contributed by atoms with Gasteiger partial charge in [0.1, 0.15) is 6.04 Å². The number of hydrogen-bond donors (Lipinski definition) is 1. The van der Waals surface area contributed by atoms with Crippen LogP contribution in [0.5, 0.6) is 0 Å². The lowest BCUT2D eigenvalue weighted by atomic mass is 10.1. The lowest BCUT2D eigenvalue weighted by Crippen LogP contribution is -2.31. The van der Waals surface area contributed by atoms with Crippen molar-refractivity contribution >= 4 is 23.3 Å². The molecular weight excluding hydrogens is 238 g/mol. The molecule has 94 valence electrons. The number of esters is 1. The Kier molecular flexibility index (Phi) is 5.84. The van der Waals surface area contributed by atoms with Gasteiger partial charge in [0.15, 0.2) is 0 Å². The first-order valence-electron chi connectivity index (χ1n) is 5.86. The standard InChI is InChI=1S/C13H18ClNO2/c1-3-7-12(13(16)17-4-2)15-11-9-6-5-8-10(11)14/h5-6,8-9,12,15H,3-4,7H2,1-2H3. The molecule has 1 aromatic carbocycles. The summed E-state index contributed by atoms with van der Waals surface area (Å²) >= 11 is 6.04. The van der Waals surface area contributed by atoms with Crippen molar-refractivity contribution in [3.63, 3.8) is 0 Å². The third-order valence-corrected chi connectivity index (χ3v) is 2.68. The lowest BCUT2D eigenvalue weighted by molar-refractivity contribution is -0.144. The molecule has 0 spiro atoms. The summed E-state index contributed by atoms with van der Waals surface area (Å²) < 4.78 is 5.02. The first kappa shape index (κ1) is 13.8. The van der Waals surface area contributed by atoms with Gasteiger partial charge in [-0.05, 0) is 25.5 Å². The maximum Gasteiger partial charge on any atom is 0.328 e. The number of halogens is 1. The molecule has 0 fully saturated rings. The van der Waals surface area contributed by atoms with E-state index in [0.717, 1.165) is 18.5 Å². The fourth-order valence-corrected chi connectivity index (χ4v) is 1.74. The molecule has 1 rings (SSSR count). The van der Waals surface area contributed by atoms with Crippen LogP contribution in [0.2, 0.25) is 5.02 Å². The number of carbonyl (C=O) groups is 1. The molecule has 0 aliphatic rings. The zero-order valence-electron chi connectivity index (χ0n) is 10.2. The van der Waals surface area contributed by atoms with Gasteiger partial charge in [-0.2, -0.15) is 0 Å². The monoisotopic (exact) mass is 255 g/mol. The van der Waals surface area contributed by atoms with E-state index < -0.39 is 0 Å². The van der Waals surface area contributed by atoms with Gasteiger partial charge in [0.25, 0.3) is 0 Å². The number of para-hydroxylation sites is 1. The molecule has 3 nitrogen and oxygen atoms in total. The Hall–Kier alpha value is -1.22. The average molecular weight is 256 g/mol. The fraction of sp³-hybridized carbons (Fsp3) is 0.462. The third-order valence-electron chi connectivity index (χ3n) is 2.35. The second-order valence-electron chi connectivity index (χ2n) is 3.72. The van der Waals surface area contributed by atoms with Gasteiger partial charge >= 0.3 is 5.97 Å². The van der Waals surface area contributed by atoms with E-state index in [1.807, 2.05) is 25.1 Å². The molecule has 1 N–H and O–H groups in total. The van der Waals surface area contributed by atoms with Crippen LogP contribution in [0.25, 0.3) is 0 Å². The van der Waals surface area contributed by atoms with Gasteiger partial charge in [-0.15, -0.1) is 0 Å². The van der Waals surface area contributed by atoms with E-state index >= 15 is 0 Å². The number of rotatable bonds is 6. The second-order valence-corrected chi connectivity index (χ2v) is 4.12. The molecule has 0 saturated carbocycles. The van der Waals surface area contributed by atoms with E-state index in [-0.39, 0.29) is 12.0 Å². The molecule has 0 saturated heterocycles. The second kappa shape index (κ2) is 7.17. The average Bonchev–Trinajstić information content (AvgIpc) is 2.31. The zero-order valence-corrected chi connectivity index (χ0v) is 11.0. The van der Waals surface area contributed by atoms with Crippen LogP contribution in [0.1, 0.15) is 26.7 Å². The minimum absolute atomic E-state index is 0.228. The molecule has 17 heavy (non-hydrogen) atoms. The summed E-state index contributed by atoms with van der Waals surface area (Å²) in [5, 5.41) is 3.74. The highest BCUT2D eigenvalue weighted by atomic mass is 35.5. The summed E-state index contributed by atoms with van der Waals surface area (Å²) in [6.07, 6.45) is 1.63. The van der Waals surface area contributed by atoms with Gasteiger partial charge in [-0.3, -0.25) is 0 Å². The maximum atomic E-state index is 11.7. The van der Waals surface area contributed by atoms with Crippen LogP contribution < -0.4 is 5.32 Å². The summed E-state index contributed by atoms with van der Waals surface area (Å²) in [6, 6.07) is 7.04. The lowest BCUT2D eigenvalue weighted by Gasteiger charge is -2.18. The molecule has 0 aromatic heterocycles. The molecule has 0 amide bonds. The Morgan fingerprint density at radius 3 is 2.71 bits per heavy atom. The first-order chi connectivity index (χ1) is 8.19. The SMILES string of the molecule is CCCC(Nc1ccccc1Cl)C(=O)OCC. The molecule has 0 heterocycles.